The van der Waals surface area contributed by atoms with Crippen LogP contribution in [0.4, 0.5) is 13.2 Å². The molecule has 5 nitrogen and oxygen atoms in total. The highest BCUT2D eigenvalue weighted by atomic mass is 32.1. The van der Waals surface area contributed by atoms with E-state index in [1.807, 2.05) is 19.2 Å². The van der Waals surface area contributed by atoms with Crippen LogP contribution in [-0.4, -0.2) is 47.7 Å². The molecule has 1 fully saturated rings. The first-order chi connectivity index (χ1) is 13.3. The van der Waals surface area contributed by atoms with Gasteiger partial charge in [-0.1, -0.05) is 24.3 Å². The van der Waals surface area contributed by atoms with Crippen LogP contribution < -0.4 is 5.32 Å². The van der Waals surface area contributed by atoms with Gasteiger partial charge >= 0.3 is 6.43 Å². The smallest absolute Gasteiger partial charge is 0.315 e. The van der Waals surface area contributed by atoms with Crippen LogP contribution in [0.15, 0.2) is 30.5 Å². The molecule has 0 saturated carbocycles. The van der Waals surface area contributed by atoms with Crippen LogP contribution in [0.25, 0.3) is 10.4 Å². The Balaban J connectivity index is 1.85. The standard InChI is InChI=1S/C19H22F3N3O2S/c1-19(2)25(18(26)17(21)22)13(8-20)16(27-19)12-6-4-11(5-7-12)14-9-24-15(28-14)10-23-3/h4-7,9,13,16-17,23H,8,10H2,1-3H3/t13-,16-/m1/s1. The van der Waals surface area contributed by atoms with E-state index < -0.39 is 36.9 Å². The summed E-state index contributed by atoms with van der Waals surface area (Å²) in [7, 11) is 1.85. The molecule has 2 atom stereocenters. The van der Waals surface area contributed by atoms with Crippen molar-refractivity contribution in [2.45, 2.75) is 44.7 Å². The van der Waals surface area contributed by atoms with Gasteiger partial charge in [0.15, 0.2) is 0 Å². The fraction of sp³-hybridized carbons (Fsp3) is 0.474. The number of hydrogen-bond acceptors (Lipinski definition) is 5. The van der Waals surface area contributed by atoms with E-state index >= 15 is 0 Å². The number of thiazole rings is 1. The second-order valence-electron chi connectivity index (χ2n) is 6.99. The van der Waals surface area contributed by atoms with Gasteiger partial charge in [-0.3, -0.25) is 4.79 Å². The molecular weight excluding hydrogens is 391 g/mol. The fourth-order valence-corrected chi connectivity index (χ4v) is 4.40. The van der Waals surface area contributed by atoms with Gasteiger partial charge in [0.05, 0.1) is 10.9 Å². The number of nitrogens with one attached hydrogen (secondary N) is 1. The zero-order chi connectivity index (χ0) is 20.5. The van der Waals surface area contributed by atoms with Crippen molar-refractivity contribution in [1.82, 2.24) is 15.2 Å². The Bertz CT molecular complexity index is 826. The summed E-state index contributed by atoms with van der Waals surface area (Å²) in [5.41, 5.74) is 0.245. The minimum atomic E-state index is -3.21. The SMILES string of the molecule is CNCc1ncc(-c2ccc([C@H]3OC(C)(C)N(C(=O)C(F)F)[C@@H]3CF)cc2)s1. The average molecular weight is 413 g/mol. The predicted molar refractivity (Wildman–Crippen MR) is 101 cm³/mol. The quantitative estimate of drug-likeness (QED) is 0.783. The number of nitrogens with zero attached hydrogens (tertiary/aromatic N) is 2. The summed E-state index contributed by atoms with van der Waals surface area (Å²) in [4.78, 5) is 18.1. The largest absolute Gasteiger partial charge is 0.346 e. The van der Waals surface area contributed by atoms with E-state index in [2.05, 4.69) is 10.3 Å². The molecule has 0 unspecified atom stereocenters. The molecule has 1 aliphatic heterocycles. The number of rotatable bonds is 6. The van der Waals surface area contributed by atoms with Gasteiger partial charge in [-0.25, -0.2) is 9.37 Å². The molecule has 1 aliphatic rings. The fourth-order valence-electron chi connectivity index (χ4n) is 3.47. The van der Waals surface area contributed by atoms with Gasteiger partial charge in [-0.2, -0.15) is 8.78 Å². The first-order valence-corrected chi connectivity index (χ1v) is 9.65. The summed E-state index contributed by atoms with van der Waals surface area (Å²) in [6.45, 7) is 2.69. The third kappa shape index (κ3) is 3.92. The van der Waals surface area contributed by atoms with E-state index in [-0.39, 0.29) is 0 Å². The highest BCUT2D eigenvalue weighted by Crippen LogP contribution is 2.42. The molecule has 0 radical (unpaired) electrons. The maximum atomic E-state index is 13.7. The molecular formula is C19H22F3N3O2S. The summed E-state index contributed by atoms with van der Waals surface area (Å²) in [5, 5.41) is 4.00. The lowest BCUT2D eigenvalue weighted by atomic mass is 10.0. The molecule has 2 heterocycles. The van der Waals surface area contributed by atoms with E-state index in [0.29, 0.717) is 12.1 Å². The number of benzene rings is 1. The van der Waals surface area contributed by atoms with Gasteiger partial charge < -0.3 is 15.0 Å². The van der Waals surface area contributed by atoms with Crippen LogP contribution in [0.2, 0.25) is 0 Å². The van der Waals surface area contributed by atoms with E-state index in [4.69, 9.17) is 4.74 Å². The van der Waals surface area contributed by atoms with E-state index in [1.165, 1.54) is 13.8 Å². The second-order valence-corrected chi connectivity index (χ2v) is 8.10. The Labute approximate surface area is 165 Å². The molecule has 1 amide bonds. The Morgan fingerprint density at radius 3 is 2.61 bits per heavy atom. The van der Waals surface area contributed by atoms with Crippen molar-refractivity contribution in [2.24, 2.45) is 0 Å². The molecule has 1 aromatic carbocycles. The predicted octanol–water partition coefficient (Wildman–Crippen LogP) is 3.77. The van der Waals surface area contributed by atoms with Crippen molar-refractivity contribution in [2.75, 3.05) is 13.7 Å². The van der Waals surface area contributed by atoms with Gasteiger partial charge in [0.2, 0.25) is 0 Å². The van der Waals surface area contributed by atoms with Crippen molar-refractivity contribution in [3.05, 3.63) is 41.0 Å². The van der Waals surface area contributed by atoms with Crippen LogP contribution >= 0.6 is 11.3 Å². The van der Waals surface area contributed by atoms with Crippen LogP contribution in [0.5, 0.6) is 0 Å². The lowest BCUT2D eigenvalue weighted by molar-refractivity contribution is -0.159. The Morgan fingerprint density at radius 2 is 2.04 bits per heavy atom. The van der Waals surface area contributed by atoms with Gasteiger partial charge in [0, 0.05) is 12.7 Å². The number of aromatic nitrogens is 1. The molecule has 3 rings (SSSR count). The number of carbonyl (C=O) groups is 1. The van der Waals surface area contributed by atoms with Gasteiger partial charge in [0.25, 0.3) is 5.91 Å². The molecule has 28 heavy (non-hydrogen) atoms. The van der Waals surface area contributed by atoms with Gasteiger partial charge in [-0.05, 0) is 32.0 Å². The number of amides is 1. The molecule has 0 spiro atoms. The van der Waals surface area contributed by atoms with Gasteiger partial charge in [0.1, 0.15) is 23.5 Å². The van der Waals surface area contributed by atoms with Crippen molar-refractivity contribution in [1.29, 1.82) is 0 Å². The van der Waals surface area contributed by atoms with E-state index in [9.17, 15) is 18.0 Å². The van der Waals surface area contributed by atoms with Gasteiger partial charge in [-0.15, -0.1) is 11.3 Å². The molecule has 9 heteroatoms. The maximum Gasteiger partial charge on any atom is 0.315 e. The first kappa shape index (κ1) is 20.8. The minimum Gasteiger partial charge on any atom is -0.346 e. The molecule has 152 valence electrons. The lowest BCUT2D eigenvalue weighted by Crippen LogP contribution is -2.51. The highest BCUT2D eigenvalue weighted by molar-refractivity contribution is 7.15. The third-order valence-electron chi connectivity index (χ3n) is 4.66. The summed E-state index contributed by atoms with van der Waals surface area (Å²) >= 11 is 1.56. The van der Waals surface area contributed by atoms with Crippen LogP contribution in [0.3, 0.4) is 0 Å². The Morgan fingerprint density at radius 1 is 1.36 bits per heavy atom. The second kappa shape index (κ2) is 8.18. The average Bonchev–Trinajstić information content (AvgIpc) is 3.23. The highest BCUT2D eigenvalue weighted by Gasteiger charge is 2.52. The molecule has 0 bridgehead atoms. The zero-order valence-corrected chi connectivity index (χ0v) is 16.6. The van der Waals surface area contributed by atoms with Crippen LogP contribution in [0, 0.1) is 0 Å². The number of halogens is 3. The number of ether oxygens (including phenoxy) is 1. The molecule has 2 aromatic rings. The molecule has 1 saturated heterocycles. The molecule has 1 N–H and O–H groups in total. The first-order valence-electron chi connectivity index (χ1n) is 8.83. The Hall–Kier alpha value is -1.97. The van der Waals surface area contributed by atoms with E-state index in [1.54, 1.807) is 29.7 Å². The van der Waals surface area contributed by atoms with Crippen molar-refractivity contribution < 1.29 is 22.7 Å². The lowest BCUT2D eigenvalue weighted by Gasteiger charge is -2.32. The summed E-state index contributed by atoms with van der Waals surface area (Å²) < 4.78 is 45.5. The maximum absolute atomic E-state index is 13.7. The monoisotopic (exact) mass is 413 g/mol. The van der Waals surface area contributed by atoms with Crippen molar-refractivity contribution in [3.63, 3.8) is 0 Å². The molecule has 0 aliphatic carbocycles. The molecule has 1 aromatic heterocycles. The normalized spacial score (nSPS) is 21.5. The van der Waals surface area contributed by atoms with Crippen LogP contribution in [-0.2, 0) is 16.1 Å². The third-order valence-corrected chi connectivity index (χ3v) is 5.71. The topological polar surface area (TPSA) is 54.5 Å². The Kier molecular flexibility index (Phi) is 6.07. The van der Waals surface area contributed by atoms with Crippen molar-refractivity contribution in [3.8, 4) is 10.4 Å². The van der Waals surface area contributed by atoms with Crippen molar-refractivity contribution >= 4 is 17.2 Å². The van der Waals surface area contributed by atoms with E-state index in [0.717, 1.165) is 20.3 Å². The number of hydrogen-bond donors (Lipinski definition) is 1. The number of carbonyl (C=O) groups excluding carboxylic acids is 1. The number of alkyl halides is 3. The summed E-state index contributed by atoms with van der Waals surface area (Å²) in [6, 6.07) is 6.15. The minimum absolute atomic E-state index is 0.629. The zero-order valence-electron chi connectivity index (χ0n) is 15.8. The summed E-state index contributed by atoms with van der Waals surface area (Å²) in [6.07, 6.45) is -2.25. The summed E-state index contributed by atoms with van der Waals surface area (Å²) in [5.74, 6) is -1.42. The van der Waals surface area contributed by atoms with Crippen LogP contribution in [0.1, 0.15) is 30.5 Å².